The summed E-state index contributed by atoms with van der Waals surface area (Å²) in [6.45, 7) is 1.71. The van der Waals surface area contributed by atoms with E-state index in [0.717, 1.165) is 16.7 Å². The third-order valence-electron chi connectivity index (χ3n) is 3.64. The van der Waals surface area contributed by atoms with E-state index in [0.29, 0.717) is 31.3 Å². The van der Waals surface area contributed by atoms with Crippen LogP contribution in [0.2, 0.25) is 0 Å². The Balaban J connectivity index is 1.55. The first kappa shape index (κ1) is 16.6. The molecular formula is C20H18N4O. The predicted molar refractivity (Wildman–Crippen MR) is 95.5 cm³/mol. The van der Waals surface area contributed by atoms with Gasteiger partial charge in [-0.3, -0.25) is 0 Å². The molecule has 2 aromatic carbocycles. The van der Waals surface area contributed by atoms with Crippen LogP contribution >= 0.6 is 0 Å². The standard InChI is InChI=1S/C20H18N4O/c21-12-19-20(23-10-9-22-19)24-13-17-7-4-8-18(11-17)15-25-14-16-5-2-1-3-6-16/h1-11H,13-15H2,(H,23,24). The first-order chi connectivity index (χ1) is 12.3. The van der Waals surface area contributed by atoms with Gasteiger partial charge in [0.05, 0.1) is 13.2 Å². The molecule has 0 atom stereocenters. The van der Waals surface area contributed by atoms with Crippen LogP contribution in [0.3, 0.4) is 0 Å². The molecule has 0 fully saturated rings. The van der Waals surface area contributed by atoms with Crippen molar-refractivity contribution in [3.8, 4) is 6.07 Å². The third kappa shape index (κ3) is 4.87. The van der Waals surface area contributed by atoms with Crippen LogP contribution in [0, 0.1) is 11.3 Å². The molecule has 124 valence electrons. The highest BCUT2D eigenvalue weighted by atomic mass is 16.5. The molecule has 0 aliphatic carbocycles. The van der Waals surface area contributed by atoms with Crippen LogP contribution in [0.1, 0.15) is 22.4 Å². The zero-order valence-electron chi connectivity index (χ0n) is 13.7. The Labute approximate surface area is 147 Å². The number of nitriles is 1. The van der Waals surface area contributed by atoms with Crippen LogP contribution in [-0.4, -0.2) is 9.97 Å². The van der Waals surface area contributed by atoms with E-state index in [4.69, 9.17) is 10.00 Å². The Morgan fingerprint density at radius 3 is 2.44 bits per heavy atom. The van der Waals surface area contributed by atoms with Gasteiger partial charge in [0.1, 0.15) is 6.07 Å². The summed E-state index contributed by atoms with van der Waals surface area (Å²) in [4.78, 5) is 8.14. The van der Waals surface area contributed by atoms with Gasteiger partial charge in [-0.25, -0.2) is 9.97 Å². The van der Waals surface area contributed by atoms with Gasteiger partial charge in [-0.15, -0.1) is 0 Å². The fraction of sp³-hybridized carbons (Fsp3) is 0.150. The highest BCUT2D eigenvalue weighted by Gasteiger charge is 2.04. The van der Waals surface area contributed by atoms with Gasteiger partial charge in [0.15, 0.2) is 11.5 Å². The second-order valence-corrected chi connectivity index (χ2v) is 5.52. The van der Waals surface area contributed by atoms with E-state index >= 15 is 0 Å². The minimum Gasteiger partial charge on any atom is -0.372 e. The molecule has 0 saturated heterocycles. The lowest BCUT2D eigenvalue weighted by Gasteiger charge is -2.09. The van der Waals surface area contributed by atoms with Gasteiger partial charge in [0.2, 0.25) is 0 Å². The molecule has 25 heavy (non-hydrogen) atoms. The topological polar surface area (TPSA) is 70.8 Å². The molecular weight excluding hydrogens is 312 g/mol. The van der Waals surface area contributed by atoms with E-state index in [9.17, 15) is 0 Å². The molecule has 5 heteroatoms. The number of nitrogens with zero attached hydrogens (tertiary/aromatic N) is 3. The summed E-state index contributed by atoms with van der Waals surface area (Å²) < 4.78 is 5.77. The van der Waals surface area contributed by atoms with E-state index in [2.05, 4.69) is 21.4 Å². The number of anilines is 1. The fourth-order valence-electron chi connectivity index (χ4n) is 2.43. The smallest absolute Gasteiger partial charge is 0.182 e. The van der Waals surface area contributed by atoms with Crippen molar-refractivity contribution in [2.75, 3.05) is 5.32 Å². The van der Waals surface area contributed by atoms with Crippen molar-refractivity contribution < 1.29 is 4.74 Å². The lowest BCUT2D eigenvalue weighted by atomic mass is 10.1. The van der Waals surface area contributed by atoms with Crippen molar-refractivity contribution in [3.05, 3.63) is 89.4 Å². The number of hydrogen-bond donors (Lipinski definition) is 1. The van der Waals surface area contributed by atoms with Gasteiger partial charge >= 0.3 is 0 Å². The van der Waals surface area contributed by atoms with Crippen molar-refractivity contribution in [3.63, 3.8) is 0 Å². The van der Waals surface area contributed by atoms with E-state index < -0.39 is 0 Å². The average molecular weight is 330 g/mol. The quantitative estimate of drug-likeness (QED) is 0.715. The zero-order chi connectivity index (χ0) is 17.3. The molecule has 0 unspecified atom stereocenters. The molecule has 0 saturated carbocycles. The Hall–Kier alpha value is -3.23. The van der Waals surface area contributed by atoms with Gasteiger partial charge in [-0.2, -0.15) is 5.26 Å². The van der Waals surface area contributed by atoms with Crippen LogP contribution in [0.15, 0.2) is 67.0 Å². The first-order valence-electron chi connectivity index (χ1n) is 7.99. The van der Waals surface area contributed by atoms with E-state index in [1.54, 1.807) is 6.20 Å². The summed E-state index contributed by atoms with van der Waals surface area (Å²) in [7, 11) is 0. The molecule has 0 aliphatic rings. The minimum atomic E-state index is 0.296. The summed E-state index contributed by atoms with van der Waals surface area (Å²) in [5.74, 6) is 0.496. The van der Waals surface area contributed by atoms with Crippen molar-refractivity contribution in [2.45, 2.75) is 19.8 Å². The second-order valence-electron chi connectivity index (χ2n) is 5.52. The maximum absolute atomic E-state index is 9.04. The number of ether oxygens (including phenoxy) is 1. The summed E-state index contributed by atoms with van der Waals surface area (Å²) in [6, 6.07) is 20.3. The monoisotopic (exact) mass is 330 g/mol. The first-order valence-corrected chi connectivity index (χ1v) is 7.99. The molecule has 0 spiro atoms. The highest BCUT2D eigenvalue weighted by Crippen LogP contribution is 2.12. The Bertz CT molecular complexity index is 859. The SMILES string of the molecule is N#Cc1nccnc1NCc1cccc(COCc2ccccc2)c1. The predicted octanol–water partition coefficient (Wildman–Crippen LogP) is 3.68. The fourth-order valence-corrected chi connectivity index (χ4v) is 2.43. The summed E-state index contributed by atoms with van der Waals surface area (Å²) >= 11 is 0. The number of benzene rings is 2. The van der Waals surface area contributed by atoms with Gasteiger partial charge < -0.3 is 10.1 Å². The van der Waals surface area contributed by atoms with Crippen molar-refractivity contribution in [1.29, 1.82) is 5.26 Å². The van der Waals surface area contributed by atoms with Crippen LogP contribution in [0.25, 0.3) is 0 Å². The third-order valence-corrected chi connectivity index (χ3v) is 3.64. The number of nitrogens with one attached hydrogen (secondary N) is 1. The molecule has 3 aromatic rings. The van der Waals surface area contributed by atoms with Gasteiger partial charge in [0, 0.05) is 18.9 Å². The average Bonchev–Trinajstić information content (AvgIpc) is 2.68. The Morgan fingerprint density at radius 2 is 1.60 bits per heavy atom. The van der Waals surface area contributed by atoms with Crippen molar-refractivity contribution >= 4 is 5.82 Å². The van der Waals surface area contributed by atoms with Crippen LogP contribution in [-0.2, 0) is 24.5 Å². The molecule has 5 nitrogen and oxygen atoms in total. The molecule has 0 bridgehead atoms. The van der Waals surface area contributed by atoms with Crippen LogP contribution in [0.4, 0.5) is 5.82 Å². The molecule has 1 N–H and O–H groups in total. The largest absolute Gasteiger partial charge is 0.372 e. The molecule has 1 aromatic heterocycles. The number of aromatic nitrogens is 2. The molecule has 3 rings (SSSR count). The van der Waals surface area contributed by atoms with Crippen molar-refractivity contribution in [2.24, 2.45) is 0 Å². The van der Waals surface area contributed by atoms with Crippen LogP contribution in [0.5, 0.6) is 0 Å². The summed E-state index contributed by atoms with van der Waals surface area (Å²) in [5.41, 5.74) is 3.65. The molecule has 0 aliphatic heterocycles. The summed E-state index contributed by atoms with van der Waals surface area (Å²) in [6.07, 6.45) is 3.07. The van der Waals surface area contributed by atoms with E-state index in [1.807, 2.05) is 54.6 Å². The maximum Gasteiger partial charge on any atom is 0.182 e. The molecule has 0 amide bonds. The number of hydrogen-bond acceptors (Lipinski definition) is 5. The maximum atomic E-state index is 9.04. The highest BCUT2D eigenvalue weighted by molar-refractivity contribution is 5.47. The van der Waals surface area contributed by atoms with E-state index in [-0.39, 0.29) is 0 Å². The second kappa shape index (κ2) is 8.57. The Morgan fingerprint density at radius 1 is 0.880 bits per heavy atom. The number of rotatable bonds is 7. The lowest BCUT2D eigenvalue weighted by molar-refractivity contribution is 0.107. The van der Waals surface area contributed by atoms with E-state index in [1.165, 1.54) is 6.20 Å². The minimum absolute atomic E-state index is 0.296. The van der Waals surface area contributed by atoms with Crippen LogP contribution < -0.4 is 5.32 Å². The normalized spacial score (nSPS) is 10.2. The lowest BCUT2D eigenvalue weighted by Crippen LogP contribution is -2.05. The zero-order valence-corrected chi connectivity index (χ0v) is 13.7. The van der Waals surface area contributed by atoms with Gasteiger partial charge in [-0.1, -0.05) is 54.6 Å². The molecule has 0 radical (unpaired) electrons. The molecule has 1 heterocycles. The Kier molecular flexibility index (Phi) is 5.70. The van der Waals surface area contributed by atoms with Gasteiger partial charge in [0.25, 0.3) is 0 Å². The summed E-state index contributed by atoms with van der Waals surface area (Å²) in [5, 5.41) is 12.2. The van der Waals surface area contributed by atoms with Gasteiger partial charge in [-0.05, 0) is 16.7 Å². The van der Waals surface area contributed by atoms with Crippen molar-refractivity contribution in [1.82, 2.24) is 9.97 Å².